The fourth-order valence-electron chi connectivity index (χ4n) is 3.51. The summed E-state index contributed by atoms with van der Waals surface area (Å²) in [4.78, 5) is 35.3. The van der Waals surface area contributed by atoms with Crippen molar-refractivity contribution in [3.05, 3.63) is 16.3 Å². The van der Waals surface area contributed by atoms with Crippen molar-refractivity contribution in [1.29, 1.82) is 0 Å². The number of rotatable bonds is 6. The van der Waals surface area contributed by atoms with Crippen molar-refractivity contribution >= 4 is 45.2 Å². The van der Waals surface area contributed by atoms with Gasteiger partial charge in [-0.15, -0.1) is 11.3 Å². The molecule has 2 heterocycles. The average molecular weight is 422 g/mol. The van der Waals surface area contributed by atoms with E-state index >= 15 is 0 Å². The molecule has 1 N–H and O–H groups in total. The Hall–Kier alpha value is -1.67. The Balaban J connectivity index is 1.52. The largest absolute Gasteiger partial charge is 0.455 e. The minimum Gasteiger partial charge on any atom is -0.455 e. The Morgan fingerprint density at radius 2 is 1.96 bits per heavy atom. The summed E-state index contributed by atoms with van der Waals surface area (Å²) >= 11 is 2.98. The first kappa shape index (κ1) is 21.0. The number of aromatic nitrogens is 2. The number of carbonyl (C=O) groups is 2. The standard InChI is InChI=1S/C20H27N3O3S2/c1-11-7-5-6-8-15(11)23-16(24)9-26-17(25)10-27-19-18-12(2)13(3)28-20(18)22-14(4)21-19/h11,15H,5-10H2,1-4H3,(H,23,24)/t11-,15+/m0/s1. The zero-order valence-corrected chi connectivity index (χ0v) is 18.5. The lowest BCUT2D eigenvalue weighted by Gasteiger charge is -2.29. The predicted octanol–water partition coefficient (Wildman–Crippen LogP) is 3.95. The van der Waals surface area contributed by atoms with Gasteiger partial charge < -0.3 is 10.1 Å². The number of hydrogen-bond acceptors (Lipinski definition) is 7. The number of esters is 1. The molecule has 0 aliphatic heterocycles. The second-order valence-corrected chi connectivity index (χ2v) is 9.59. The lowest BCUT2D eigenvalue weighted by Crippen LogP contribution is -2.43. The number of carbonyl (C=O) groups excluding carboxylic acids is 2. The highest BCUT2D eigenvalue weighted by Crippen LogP contribution is 2.35. The van der Waals surface area contributed by atoms with Crippen LogP contribution in [0.5, 0.6) is 0 Å². The monoisotopic (exact) mass is 421 g/mol. The van der Waals surface area contributed by atoms with E-state index in [9.17, 15) is 9.59 Å². The summed E-state index contributed by atoms with van der Waals surface area (Å²) in [6.07, 6.45) is 4.49. The van der Waals surface area contributed by atoms with Crippen LogP contribution in [0.3, 0.4) is 0 Å². The molecule has 0 unspecified atom stereocenters. The lowest BCUT2D eigenvalue weighted by atomic mass is 9.86. The third-order valence-corrected chi connectivity index (χ3v) is 7.31. The van der Waals surface area contributed by atoms with Crippen LogP contribution in [-0.4, -0.2) is 40.2 Å². The molecule has 1 fully saturated rings. The number of amides is 1. The summed E-state index contributed by atoms with van der Waals surface area (Å²) in [5.41, 5.74) is 1.15. The number of thiophene rings is 1. The molecule has 1 amide bonds. The van der Waals surface area contributed by atoms with Gasteiger partial charge in [0.2, 0.25) is 0 Å². The molecule has 0 radical (unpaired) electrons. The minimum atomic E-state index is -0.411. The van der Waals surface area contributed by atoms with Crippen molar-refractivity contribution < 1.29 is 14.3 Å². The predicted molar refractivity (Wildman–Crippen MR) is 113 cm³/mol. The maximum atomic E-state index is 12.1. The molecule has 6 nitrogen and oxygen atoms in total. The summed E-state index contributed by atoms with van der Waals surface area (Å²) in [5.74, 6) is 0.648. The van der Waals surface area contributed by atoms with Gasteiger partial charge >= 0.3 is 5.97 Å². The molecule has 1 aliphatic carbocycles. The van der Waals surface area contributed by atoms with Crippen LogP contribution in [0.15, 0.2) is 5.03 Å². The molecule has 0 bridgehead atoms. The normalized spacial score (nSPS) is 19.6. The molecule has 3 rings (SSSR count). The van der Waals surface area contributed by atoms with Crippen molar-refractivity contribution in [3.8, 4) is 0 Å². The smallest absolute Gasteiger partial charge is 0.316 e. The van der Waals surface area contributed by atoms with Crippen molar-refractivity contribution in [2.24, 2.45) is 5.92 Å². The summed E-state index contributed by atoms with van der Waals surface area (Å²) in [6, 6.07) is 0.191. The van der Waals surface area contributed by atoms with Crippen LogP contribution in [0, 0.1) is 26.7 Å². The zero-order valence-electron chi connectivity index (χ0n) is 16.8. The molecule has 2 atom stereocenters. The van der Waals surface area contributed by atoms with E-state index in [0.29, 0.717) is 11.7 Å². The SMILES string of the molecule is Cc1nc(SCC(=O)OCC(=O)N[C@@H]2CCCC[C@@H]2C)c2c(C)c(C)sc2n1. The number of aryl methyl sites for hydroxylation is 3. The highest BCUT2D eigenvalue weighted by atomic mass is 32.2. The maximum absolute atomic E-state index is 12.1. The molecule has 28 heavy (non-hydrogen) atoms. The van der Waals surface area contributed by atoms with Gasteiger partial charge in [0.15, 0.2) is 6.61 Å². The van der Waals surface area contributed by atoms with Crippen molar-refractivity contribution in [2.75, 3.05) is 12.4 Å². The van der Waals surface area contributed by atoms with Crippen LogP contribution in [0.2, 0.25) is 0 Å². The van der Waals surface area contributed by atoms with Crippen LogP contribution in [0.25, 0.3) is 10.2 Å². The number of fused-ring (bicyclic) bond motifs is 1. The Morgan fingerprint density at radius 1 is 1.21 bits per heavy atom. The van der Waals surface area contributed by atoms with E-state index in [0.717, 1.165) is 40.1 Å². The summed E-state index contributed by atoms with van der Waals surface area (Å²) in [6.45, 7) is 7.89. The molecule has 2 aromatic rings. The van der Waals surface area contributed by atoms with Crippen LogP contribution in [-0.2, 0) is 14.3 Å². The van der Waals surface area contributed by atoms with Gasteiger partial charge in [-0.3, -0.25) is 9.59 Å². The fourth-order valence-corrected chi connectivity index (χ4v) is 5.58. The van der Waals surface area contributed by atoms with E-state index in [-0.39, 0.29) is 24.3 Å². The van der Waals surface area contributed by atoms with Crippen molar-refractivity contribution in [2.45, 2.75) is 64.4 Å². The second-order valence-electron chi connectivity index (χ2n) is 7.42. The average Bonchev–Trinajstić information content (AvgIpc) is 2.93. The molecule has 2 aromatic heterocycles. The van der Waals surface area contributed by atoms with Gasteiger partial charge in [-0.2, -0.15) is 0 Å². The first-order chi connectivity index (χ1) is 13.3. The van der Waals surface area contributed by atoms with Crippen LogP contribution in [0.4, 0.5) is 0 Å². The first-order valence-corrected chi connectivity index (χ1v) is 11.5. The fraction of sp³-hybridized carbons (Fsp3) is 0.600. The molecule has 8 heteroatoms. The summed E-state index contributed by atoms with van der Waals surface area (Å²) in [5, 5.41) is 4.80. The summed E-state index contributed by atoms with van der Waals surface area (Å²) < 4.78 is 5.17. The third kappa shape index (κ3) is 5.03. The molecule has 0 saturated heterocycles. The third-order valence-electron chi connectivity index (χ3n) is 5.26. The van der Waals surface area contributed by atoms with Gasteiger partial charge in [0.25, 0.3) is 5.91 Å². The van der Waals surface area contributed by atoms with Crippen LogP contribution >= 0.6 is 23.1 Å². The van der Waals surface area contributed by atoms with Crippen LogP contribution < -0.4 is 5.32 Å². The van der Waals surface area contributed by atoms with Crippen molar-refractivity contribution in [1.82, 2.24) is 15.3 Å². The molecular weight excluding hydrogens is 394 g/mol. The molecule has 152 valence electrons. The molecular formula is C20H27N3O3S2. The number of thioether (sulfide) groups is 1. The number of ether oxygens (including phenoxy) is 1. The first-order valence-electron chi connectivity index (χ1n) is 9.67. The van der Waals surface area contributed by atoms with E-state index in [1.807, 2.05) is 13.8 Å². The van der Waals surface area contributed by atoms with E-state index < -0.39 is 5.97 Å². The topological polar surface area (TPSA) is 81.2 Å². The highest BCUT2D eigenvalue weighted by Gasteiger charge is 2.23. The minimum absolute atomic E-state index is 0.118. The van der Waals surface area contributed by atoms with Gasteiger partial charge in [-0.05, 0) is 45.1 Å². The Bertz CT molecular complexity index is 881. The molecule has 0 spiro atoms. The summed E-state index contributed by atoms with van der Waals surface area (Å²) in [7, 11) is 0. The molecule has 1 aliphatic rings. The molecule has 0 aromatic carbocycles. The van der Waals surface area contributed by atoms with Crippen LogP contribution in [0.1, 0.15) is 48.9 Å². The lowest BCUT2D eigenvalue weighted by molar-refractivity contribution is -0.146. The number of hydrogen-bond donors (Lipinski definition) is 1. The highest BCUT2D eigenvalue weighted by molar-refractivity contribution is 8.00. The van der Waals surface area contributed by atoms with Gasteiger partial charge in [-0.1, -0.05) is 31.5 Å². The van der Waals surface area contributed by atoms with Gasteiger partial charge in [-0.25, -0.2) is 9.97 Å². The van der Waals surface area contributed by atoms with Gasteiger partial charge in [0.05, 0.1) is 5.75 Å². The second kappa shape index (κ2) is 9.22. The van der Waals surface area contributed by atoms with E-state index in [1.54, 1.807) is 11.3 Å². The Kier molecular flexibility index (Phi) is 6.93. The Labute approximate surface area is 173 Å². The van der Waals surface area contributed by atoms with E-state index in [2.05, 4.69) is 29.1 Å². The number of nitrogens with one attached hydrogen (secondary N) is 1. The van der Waals surface area contributed by atoms with Gasteiger partial charge in [0.1, 0.15) is 15.7 Å². The maximum Gasteiger partial charge on any atom is 0.316 e. The van der Waals surface area contributed by atoms with E-state index in [1.165, 1.54) is 23.1 Å². The van der Waals surface area contributed by atoms with E-state index in [4.69, 9.17) is 4.74 Å². The number of nitrogens with zero attached hydrogens (tertiary/aromatic N) is 2. The molecule has 1 saturated carbocycles. The zero-order chi connectivity index (χ0) is 20.3. The van der Waals surface area contributed by atoms with Gasteiger partial charge in [0, 0.05) is 16.3 Å². The Morgan fingerprint density at radius 3 is 2.71 bits per heavy atom. The van der Waals surface area contributed by atoms with Crippen molar-refractivity contribution in [3.63, 3.8) is 0 Å². The quantitative estimate of drug-likeness (QED) is 0.432.